The average Bonchev–Trinajstić information content (AvgIpc) is 1.84. The Balaban J connectivity index is 3.99. The van der Waals surface area contributed by atoms with E-state index in [2.05, 4.69) is 19.6 Å². The molecule has 0 radical (unpaired) electrons. The molecule has 0 aromatic heterocycles. The van der Waals surface area contributed by atoms with Crippen LogP contribution in [0.15, 0.2) is 12.2 Å². The third kappa shape index (κ3) is 5.78. The summed E-state index contributed by atoms with van der Waals surface area (Å²) < 4.78 is 15.1. The van der Waals surface area contributed by atoms with Gasteiger partial charge in [0, 0.05) is 0 Å². The molecule has 0 saturated heterocycles. The molecule has 0 aliphatic heterocycles. The standard InChI is InChI=1S/C7H16O3Si/c1-8-6-7(9-2)10-11(3,4)5/h6H,1-5H3. The molecule has 3 nitrogen and oxygen atoms in total. The van der Waals surface area contributed by atoms with E-state index in [1.807, 2.05) is 0 Å². The highest BCUT2D eigenvalue weighted by Gasteiger charge is 2.18. The molecule has 0 aromatic rings. The van der Waals surface area contributed by atoms with E-state index in [4.69, 9.17) is 13.9 Å². The fourth-order valence-corrected chi connectivity index (χ4v) is 1.25. The van der Waals surface area contributed by atoms with Crippen LogP contribution < -0.4 is 0 Å². The molecule has 0 aromatic carbocycles. The first-order valence-electron chi connectivity index (χ1n) is 3.45. The van der Waals surface area contributed by atoms with Gasteiger partial charge < -0.3 is 13.9 Å². The second-order valence-electron chi connectivity index (χ2n) is 3.09. The van der Waals surface area contributed by atoms with E-state index < -0.39 is 8.32 Å². The van der Waals surface area contributed by atoms with Crippen molar-refractivity contribution in [3.05, 3.63) is 12.2 Å². The van der Waals surface area contributed by atoms with Crippen LogP contribution in [0.2, 0.25) is 19.6 Å². The van der Waals surface area contributed by atoms with Crippen molar-refractivity contribution in [2.45, 2.75) is 19.6 Å². The molecular formula is C7H16O3Si. The first-order chi connectivity index (χ1) is 4.99. The molecule has 0 heterocycles. The molecular weight excluding hydrogens is 160 g/mol. The van der Waals surface area contributed by atoms with Gasteiger partial charge in [0.2, 0.25) is 8.32 Å². The van der Waals surface area contributed by atoms with Gasteiger partial charge in [-0.25, -0.2) is 0 Å². The van der Waals surface area contributed by atoms with Crippen LogP contribution in [0.1, 0.15) is 0 Å². The number of hydrogen-bond donors (Lipinski definition) is 0. The van der Waals surface area contributed by atoms with Gasteiger partial charge in [-0.3, -0.25) is 0 Å². The maximum Gasteiger partial charge on any atom is 0.301 e. The molecule has 66 valence electrons. The Bertz CT molecular complexity index is 137. The topological polar surface area (TPSA) is 27.7 Å². The third-order valence-electron chi connectivity index (χ3n) is 0.822. The summed E-state index contributed by atoms with van der Waals surface area (Å²) in [5.41, 5.74) is 0. The second kappa shape index (κ2) is 4.28. The lowest BCUT2D eigenvalue weighted by Gasteiger charge is -2.19. The van der Waals surface area contributed by atoms with Crippen LogP contribution in [0, 0.1) is 0 Å². The Hall–Kier alpha value is -0.643. The molecule has 0 saturated carbocycles. The van der Waals surface area contributed by atoms with Crippen LogP contribution in [0.5, 0.6) is 0 Å². The van der Waals surface area contributed by atoms with Crippen molar-refractivity contribution in [1.29, 1.82) is 0 Å². The minimum absolute atomic E-state index is 0.451. The Morgan fingerprint density at radius 2 is 1.73 bits per heavy atom. The van der Waals surface area contributed by atoms with Crippen LogP contribution in [0.4, 0.5) is 0 Å². The van der Waals surface area contributed by atoms with E-state index in [0.29, 0.717) is 5.95 Å². The van der Waals surface area contributed by atoms with E-state index in [-0.39, 0.29) is 0 Å². The van der Waals surface area contributed by atoms with Gasteiger partial charge >= 0.3 is 5.95 Å². The van der Waals surface area contributed by atoms with Crippen molar-refractivity contribution >= 4 is 8.32 Å². The number of ether oxygens (including phenoxy) is 2. The summed E-state index contributed by atoms with van der Waals surface area (Å²) in [6.45, 7) is 6.24. The molecule has 0 amide bonds. The monoisotopic (exact) mass is 176 g/mol. The van der Waals surface area contributed by atoms with Crippen LogP contribution in [0.25, 0.3) is 0 Å². The maximum absolute atomic E-state index is 5.48. The number of methoxy groups -OCH3 is 2. The lowest BCUT2D eigenvalue weighted by Crippen LogP contribution is -2.25. The summed E-state index contributed by atoms with van der Waals surface area (Å²) in [5, 5.41) is 0. The van der Waals surface area contributed by atoms with E-state index in [9.17, 15) is 0 Å². The quantitative estimate of drug-likeness (QED) is 0.484. The molecule has 0 atom stereocenters. The zero-order valence-corrected chi connectivity index (χ0v) is 8.80. The van der Waals surface area contributed by atoms with Crippen molar-refractivity contribution in [1.82, 2.24) is 0 Å². The van der Waals surface area contributed by atoms with Gasteiger partial charge in [-0.05, 0) is 19.6 Å². The Morgan fingerprint density at radius 3 is 2.00 bits per heavy atom. The fraction of sp³-hybridized carbons (Fsp3) is 0.714. The van der Waals surface area contributed by atoms with E-state index >= 15 is 0 Å². The summed E-state index contributed by atoms with van der Waals surface area (Å²) in [4.78, 5) is 0. The Labute approximate surface area is 69.1 Å². The van der Waals surface area contributed by atoms with Gasteiger partial charge in [-0.1, -0.05) is 0 Å². The molecule has 11 heavy (non-hydrogen) atoms. The zero-order chi connectivity index (χ0) is 8.91. The van der Waals surface area contributed by atoms with Crippen molar-refractivity contribution in [3.8, 4) is 0 Å². The molecule has 0 unspecified atom stereocenters. The van der Waals surface area contributed by atoms with Crippen molar-refractivity contribution in [2.24, 2.45) is 0 Å². The first-order valence-corrected chi connectivity index (χ1v) is 6.86. The van der Waals surface area contributed by atoms with Gasteiger partial charge in [0.05, 0.1) is 14.2 Å². The van der Waals surface area contributed by atoms with Gasteiger partial charge in [-0.2, -0.15) is 0 Å². The van der Waals surface area contributed by atoms with Gasteiger partial charge in [0.1, 0.15) is 0 Å². The fourth-order valence-electron chi connectivity index (χ4n) is 0.512. The molecule has 0 N–H and O–H groups in total. The Morgan fingerprint density at radius 1 is 1.18 bits per heavy atom. The lowest BCUT2D eigenvalue weighted by atomic mass is 11.0. The first kappa shape index (κ1) is 10.4. The van der Waals surface area contributed by atoms with Crippen molar-refractivity contribution in [2.75, 3.05) is 14.2 Å². The highest BCUT2D eigenvalue weighted by Crippen LogP contribution is 2.10. The molecule has 0 bridgehead atoms. The van der Waals surface area contributed by atoms with E-state index in [1.54, 1.807) is 14.2 Å². The van der Waals surface area contributed by atoms with Crippen molar-refractivity contribution < 1.29 is 13.9 Å². The second-order valence-corrected chi connectivity index (χ2v) is 7.52. The predicted molar refractivity (Wildman–Crippen MR) is 46.5 cm³/mol. The Kier molecular flexibility index (Phi) is 4.03. The summed E-state index contributed by atoms with van der Waals surface area (Å²) in [5.74, 6) is 0.451. The molecule has 0 aliphatic rings. The highest BCUT2D eigenvalue weighted by molar-refractivity contribution is 6.69. The van der Waals surface area contributed by atoms with Crippen LogP contribution in [-0.2, 0) is 13.9 Å². The third-order valence-corrected chi connectivity index (χ3v) is 1.64. The normalized spacial score (nSPS) is 12.6. The molecule has 0 spiro atoms. The SMILES string of the molecule is COC=C(OC)O[Si](C)(C)C. The minimum Gasteiger partial charge on any atom is -0.518 e. The molecule has 0 fully saturated rings. The van der Waals surface area contributed by atoms with Gasteiger partial charge in [0.25, 0.3) is 0 Å². The highest BCUT2D eigenvalue weighted by atomic mass is 28.4. The summed E-state index contributed by atoms with van der Waals surface area (Å²) >= 11 is 0. The van der Waals surface area contributed by atoms with Gasteiger partial charge in [0.15, 0.2) is 6.26 Å². The summed E-state index contributed by atoms with van der Waals surface area (Å²) in [7, 11) is 1.57. The van der Waals surface area contributed by atoms with Gasteiger partial charge in [-0.15, -0.1) is 0 Å². The molecule has 0 aliphatic carbocycles. The molecule has 0 rings (SSSR count). The zero-order valence-electron chi connectivity index (χ0n) is 7.80. The molecule has 4 heteroatoms. The van der Waals surface area contributed by atoms with E-state index in [0.717, 1.165) is 0 Å². The largest absolute Gasteiger partial charge is 0.518 e. The van der Waals surface area contributed by atoms with Crippen LogP contribution in [-0.4, -0.2) is 22.5 Å². The van der Waals surface area contributed by atoms with Crippen molar-refractivity contribution in [3.63, 3.8) is 0 Å². The number of hydrogen-bond acceptors (Lipinski definition) is 3. The van der Waals surface area contributed by atoms with Crippen LogP contribution >= 0.6 is 0 Å². The lowest BCUT2D eigenvalue weighted by molar-refractivity contribution is 0.126. The minimum atomic E-state index is -1.55. The summed E-state index contributed by atoms with van der Waals surface area (Å²) in [6.07, 6.45) is 1.46. The smallest absolute Gasteiger partial charge is 0.301 e. The number of rotatable bonds is 4. The predicted octanol–water partition coefficient (Wildman–Crippen LogP) is 1.93. The summed E-state index contributed by atoms with van der Waals surface area (Å²) in [6, 6.07) is 0. The van der Waals surface area contributed by atoms with E-state index in [1.165, 1.54) is 6.26 Å². The van der Waals surface area contributed by atoms with Crippen LogP contribution in [0.3, 0.4) is 0 Å². The average molecular weight is 176 g/mol. The maximum atomic E-state index is 5.48.